The van der Waals surface area contributed by atoms with Crippen molar-refractivity contribution in [2.75, 3.05) is 11.9 Å². The maximum atomic E-state index is 11.8. The van der Waals surface area contributed by atoms with E-state index in [1.54, 1.807) is 6.20 Å². The van der Waals surface area contributed by atoms with Crippen LogP contribution in [0.3, 0.4) is 0 Å². The van der Waals surface area contributed by atoms with E-state index in [1.807, 2.05) is 6.92 Å². The van der Waals surface area contributed by atoms with Crippen LogP contribution in [-0.4, -0.2) is 27.5 Å². The Bertz CT molecular complexity index is 481. The van der Waals surface area contributed by atoms with Crippen LogP contribution in [0.2, 0.25) is 5.02 Å². The lowest BCUT2D eigenvalue weighted by Crippen LogP contribution is -2.26. The summed E-state index contributed by atoms with van der Waals surface area (Å²) in [6.07, 6.45) is 5.18. The van der Waals surface area contributed by atoms with Gasteiger partial charge in [-0.1, -0.05) is 11.6 Å². The van der Waals surface area contributed by atoms with Crippen LogP contribution in [0.5, 0.6) is 0 Å². The minimum atomic E-state index is -0.256. The highest BCUT2D eigenvalue weighted by molar-refractivity contribution is 6.32. The first-order valence-electron chi connectivity index (χ1n) is 6.79. The molecule has 1 fully saturated rings. The highest BCUT2D eigenvalue weighted by atomic mass is 35.5. The van der Waals surface area contributed by atoms with Crippen LogP contribution in [-0.2, 0) is 6.54 Å². The highest BCUT2D eigenvalue weighted by Gasteiger charge is 2.19. The summed E-state index contributed by atoms with van der Waals surface area (Å²) in [4.78, 5) is 11.8. The molecular weight excluding hydrogens is 266 g/mol. The summed E-state index contributed by atoms with van der Waals surface area (Å²) >= 11 is 6.04. The number of rotatable bonds is 4. The van der Waals surface area contributed by atoms with E-state index in [2.05, 4.69) is 10.4 Å². The summed E-state index contributed by atoms with van der Waals surface area (Å²) in [5.74, 6) is 0.521. The number of anilines is 1. The van der Waals surface area contributed by atoms with E-state index in [9.17, 15) is 9.90 Å². The van der Waals surface area contributed by atoms with Gasteiger partial charge in [0.25, 0.3) is 5.56 Å². The predicted molar refractivity (Wildman–Crippen MR) is 75.6 cm³/mol. The van der Waals surface area contributed by atoms with Gasteiger partial charge in [-0.3, -0.25) is 4.79 Å². The van der Waals surface area contributed by atoms with E-state index >= 15 is 0 Å². The third-order valence-corrected chi connectivity index (χ3v) is 4.05. The fourth-order valence-corrected chi connectivity index (χ4v) is 2.63. The lowest BCUT2D eigenvalue weighted by atomic mass is 9.87. The number of aryl methyl sites for hydroxylation is 1. The molecule has 1 heterocycles. The zero-order chi connectivity index (χ0) is 13.8. The number of hydrogen-bond donors (Lipinski definition) is 2. The first kappa shape index (κ1) is 14.3. The van der Waals surface area contributed by atoms with E-state index in [0.29, 0.717) is 18.2 Å². The van der Waals surface area contributed by atoms with Gasteiger partial charge >= 0.3 is 0 Å². The Kier molecular flexibility index (Phi) is 4.82. The van der Waals surface area contributed by atoms with Gasteiger partial charge in [-0.05, 0) is 38.5 Å². The van der Waals surface area contributed by atoms with Crippen molar-refractivity contribution in [1.29, 1.82) is 0 Å². The van der Waals surface area contributed by atoms with Gasteiger partial charge in [-0.25, -0.2) is 4.68 Å². The zero-order valence-electron chi connectivity index (χ0n) is 11.1. The van der Waals surface area contributed by atoms with Gasteiger partial charge in [-0.2, -0.15) is 5.10 Å². The first-order valence-corrected chi connectivity index (χ1v) is 7.17. The molecule has 0 aliphatic heterocycles. The molecule has 0 unspecified atom stereocenters. The average Bonchev–Trinajstić information content (AvgIpc) is 2.42. The molecule has 106 valence electrons. The van der Waals surface area contributed by atoms with Gasteiger partial charge in [0.15, 0.2) is 0 Å². The Morgan fingerprint density at radius 1 is 1.47 bits per heavy atom. The molecule has 0 atom stereocenters. The summed E-state index contributed by atoms with van der Waals surface area (Å²) in [6.45, 7) is 3.13. The SMILES string of the molecule is CCn1ncc(NCC2CCC(O)CC2)c(Cl)c1=O. The molecule has 2 N–H and O–H groups in total. The molecule has 19 heavy (non-hydrogen) atoms. The van der Waals surface area contributed by atoms with Crippen molar-refractivity contribution in [2.45, 2.75) is 45.3 Å². The van der Waals surface area contributed by atoms with Crippen molar-refractivity contribution in [3.63, 3.8) is 0 Å². The van der Waals surface area contributed by atoms with E-state index in [1.165, 1.54) is 4.68 Å². The lowest BCUT2D eigenvalue weighted by Gasteiger charge is -2.25. The van der Waals surface area contributed by atoms with Gasteiger partial charge in [0.05, 0.1) is 18.0 Å². The molecule has 0 spiro atoms. The fourth-order valence-electron chi connectivity index (χ4n) is 2.42. The van der Waals surface area contributed by atoms with Crippen molar-refractivity contribution in [2.24, 2.45) is 5.92 Å². The van der Waals surface area contributed by atoms with E-state index in [-0.39, 0.29) is 16.7 Å². The molecule has 5 nitrogen and oxygen atoms in total. The maximum absolute atomic E-state index is 11.8. The minimum Gasteiger partial charge on any atom is -0.393 e. The molecule has 1 aliphatic rings. The molecule has 1 aliphatic carbocycles. The molecule has 0 bridgehead atoms. The molecule has 6 heteroatoms. The van der Waals surface area contributed by atoms with Crippen molar-refractivity contribution in [1.82, 2.24) is 9.78 Å². The van der Waals surface area contributed by atoms with Gasteiger partial charge < -0.3 is 10.4 Å². The number of aromatic nitrogens is 2. The van der Waals surface area contributed by atoms with Crippen LogP contribution in [0.4, 0.5) is 5.69 Å². The third kappa shape index (κ3) is 3.48. The second kappa shape index (κ2) is 6.39. The maximum Gasteiger partial charge on any atom is 0.287 e. The van der Waals surface area contributed by atoms with Gasteiger partial charge in [0.2, 0.25) is 0 Å². The molecule has 0 radical (unpaired) electrons. The van der Waals surface area contributed by atoms with Crippen LogP contribution in [0.1, 0.15) is 32.6 Å². The molecule has 0 aromatic carbocycles. The number of nitrogens with one attached hydrogen (secondary N) is 1. The van der Waals surface area contributed by atoms with Crippen LogP contribution in [0.15, 0.2) is 11.0 Å². The standard InChI is InChI=1S/C13H20ClN3O2/c1-2-17-13(19)12(14)11(8-16-17)15-7-9-3-5-10(18)6-4-9/h8-10,15,18H,2-7H2,1H3. The second-order valence-electron chi connectivity index (χ2n) is 5.05. The summed E-state index contributed by atoms with van der Waals surface area (Å²) in [6, 6.07) is 0. The molecular formula is C13H20ClN3O2. The Labute approximate surface area is 117 Å². The Morgan fingerprint density at radius 2 is 2.16 bits per heavy atom. The number of halogens is 1. The van der Waals surface area contributed by atoms with Crippen molar-refractivity contribution < 1.29 is 5.11 Å². The van der Waals surface area contributed by atoms with Crippen LogP contribution in [0.25, 0.3) is 0 Å². The monoisotopic (exact) mass is 285 g/mol. The summed E-state index contributed by atoms with van der Waals surface area (Å²) in [7, 11) is 0. The van der Waals surface area contributed by atoms with Crippen molar-refractivity contribution >= 4 is 17.3 Å². The number of aliphatic hydroxyl groups is 1. The third-order valence-electron chi connectivity index (χ3n) is 3.68. The van der Waals surface area contributed by atoms with E-state index in [4.69, 9.17) is 11.6 Å². The van der Waals surface area contributed by atoms with Crippen molar-refractivity contribution in [3.8, 4) is 0 Å². The lowest BCUT2D eigenvalue weighted by molar-refractivity contribution is 0.111. The summed E-state index contributed by atoms with van der Waals surface area (Å²) in [5, 5.41) is 16.9. The van der Waals surface area contributed by atoms with E-state index in [0.717, 1.165) is 32.2 Å². The minimum absolute atomic E-state index is 0.144. The second-order valence-corrected chi connectivity index (χ2v) is 5.43. The smallest absolute Gasteiger partial charge is 0.287 e. The first-order chi connectivity index (χ1) is 9.11. The molecule has 1 aromatic rings. The topological polar surface area (TPSA) is 67.2 Å². The van der Waals surface area contributed by atoms with Gasteiger partial charge in [0.1, 0.15) is 5.02 Å². The predicted octanol–water partition coefficient (Wildman–Crippen LogP) is 1.88. The average molecular weight is 286 g/mol. The molecule has 2 rings (SSSR count). The summed E-state index contributed by atoms with van der Waals surface area (Å²) < 4.78 is 1.34. The fraction of sp³-hybridized carbons (Fsp3) is 0.692. The van der Waals surface area contributed by atoms with Gasteiger partial charge in [0, 0.05) is 13.1 Å². The Morgan fingerprint density at radius 3 is 2.79 bits per heavy atom. The summed E-state index contributed by atoms with van der Waals surface area (Å²) in [5.41, 5.74) is 0.343. The zero-order valence-corrected chi connectivity index (χ0v) is 11.9. The number of nitrogens with zero attached hydrogens (tertiary/aromatic N) is 2. The number of aliphatic hydroxyl groups excluding tert-OH is 1. The Balaban J connectivity index is 1.96. The number of hydrogen-bond acceptors (Lipinski definition) is 4. The normalized spacial score (nSPS) is 23.3. The van der Waals surface area contributed by atoms with Gasteiger partial charge in [-0.15, -0.1) is 0 Å². The molecule has 0 saturated heterocycles. The van der Waals surface area contributed by atoms with Crippen LogP contribution < -0.4 is 10.9 Å². The van der Waals surface area contributed by atoms with E-state index < -0.39 is 0 Å². The van der Waals surface area contributed by atoms with Crippen molar-refractivity contribution in [3.05, 3.63) is 21.6 Å². The molecule has 1 saturated carbocycles. The molecule has 0 amide bonds. The quantitative estimate of drug-likeness (QED) is 0.886. The van der Waals surface area contributed by atoms with Crippen LogP contribution >= 0.6 is 11.6 Å². The largest absolute Gasteiger partial charge is 0.393 e. The molecule has 1 aromatic heterocycles. The van der Waals surface area contributed by atoms with Crippen LogP contribution in [0, 0.1) is 5.92 Å². The Hall–Kier alpha value is -1.07. The highest BCUT2D eigenvalue weighted by Crippen LogP contribution is 2.25.